The van der Waals surface area contributed by atoms with E-state index in [0.29, 0.717) is 0 Å². The molecule has 1 fully saturated rings. The fourth-order valence-corrected chi connectivity index (χ4v) is 2.69. The summed E-state index contributed by atoms with van der Waals surface area (Å²) in [5, 5.41) is 13.7. The first kappa shape index (κ1) is 14.9. The van der Waals surface area contributed by atoms with Gasteiger partial charge in [-0.15, -0.1) is 0 Å². The second-order valence-electron chi connectivity index (χ2n) is 5.40. The highest BCUT2D eigenvalue weighted by Crippen LogP contribution is 2.27. The maximum absolute atomic E-state index is 10.3. The Bertz CT molecular complexity index is 191. The average molecular weight is 242 g/mol. The SMILES string of the molecule is CCCN(CC)CCNCC1(O)CCCCC1. The van der Waals surface area contributed by atoms with Gasteiger partial charge in [0.2, 0.25) is 0 Å². The lowest BCUT2D eigenvalue weighted by molar-refractivity contribution is 0.00470. The van der Waals surface area contributed by atoms with Crippen molar-refractivity contribution in [1.29, 1.82) is 0 Å². The molecule has 1 aliphatic carbocycles. The summed E-state index contributed by atoms with van der Waals surface area (Å²) in [5.41, 5.74) is -0.417. The number of likely N-dealkylation sites (N-methyl/N-ethyl adjacent to an activating group) is 1. The summed E-state index contributed by atoms with van der Waals surface area (Å²) in [7, 11) is 0. The maximum atomic E-state index is 10.3. The van der Waals surface area contributed by atoms with E-state index in [1.54, 1.807) is 0 Å². The quantitative estimate of drug-likeness (QED) is 0.639. The number of hydrogen-bond acceptors (Lipinski definition) is 3. The predicted molar refractivity (Wildman–Crippen MR) is 73.3 cm³/mol. The lowest BCUT2D eigenvalue weighted by Gasteiger charge is -2.32. The minimum Gasteiger partial charge on any atom is -0.389 e. The Kier molecular flexibility index (Phi) is 7.09. The molecule has 0 saturated heterocycles. The van der Waals surface area contributed by atoms with Crippen LogP contribution in [0.15, 0.2) is 0 Å². The average Bonchev–Trinajstić information content (AvgIpc) is 2.34. The highest BCUT2D eigenvalue weighted by molar-refractivity contribution is 4.84. The van der Waals surface area contributed by atoms with Gasteiger partial charge < -0.3 is 15.3 Å². The van der Waals surface area contributed by atoms with Crippen molar-refractivity contribution in [3.8, 4) is 0 Å². The Balaban J connectivity index is 2.09. The van der Waals surface area contributed by atoms with Gasteiger partial charge in [0.05, 0.1) is 5.60 Å². The molecule has 17 heavy (non-hydrogen) atoms. The molecule has 1 saturated carbocycles. The summed E-state index contributed by atoms with van der Waals surface area (Å²) in [6, 6.07) is 0. The molecule has 102 valence electrons. The summed E-state index contributed by atoms with van der Waals surface area (Å²) < 4.78 is 0. The summed E-state index contributed by atoms with van der Waals surface area (Å²) in [6.45, 7) is 9.61. The lowest BCUT2D eigenvalue weighted by Crippen LogP contribution is -2.44. The zero-order chi connectivity index (χ0) is 12.6. The number of nitrogens with one attached hydrogen (secondary N) is 1. The molecule has 0 unspecified atom stereocenters. The van der Waals surface area contributed by atoms with Gasteiger partial charge in [0, 0.05) is 19.6 Å². The van der Waals surface area contributed by atoms with Gasteiger partial charge in [-0.25, -0.2) is 0 Å². The molecular weight excluding hydrogens is 212 g/mol. The van der Waals surface area contributed by atoms with Crippen LogP contribution in [0.1, 0.15) is 52.4 Å². The molecule has 0 aromatic carbocycles. The molecule has 0 radical (unpaired) electrons. The highest BCUT2D eigenvalue weighted by atomic mass is 16.3. The Hall–Kier alpha value is -0.120. The number of nitrogens with zero attached hydrogens (tertiary/aromatic N) is 1. The van der Waals surface area contributed by atoms with Gasteiger partial charge in [-0.3, -0.25) is 0 Å². The van der Waals surface area contributed by atoms with Crippen LogP contribution in [0.25, 0.3) is 0 Å². The lowest BCUT2D eigenvalue weighted by atomic mass is 9.85. The van der Waals surface area contributed by atoms with E-state index in [-0.39, 0.29) is 0 Å². The molecule has 0 bridgehead atoms. The van der Waals surface area contributed by atoms with Crippen molar-refractivity contribution in [2.45, 2.75) is 58.0 Å². The first-order valence-electron chi connectivity index (χ1n) is 7.35. The fourth-order valence-electron chi connectivity index (χ4n) is 2.69. The van der Waals surface area contributed by atoms with Crippen LogP contribution in [0, 0.1) is 0 Å². The van der Waals surface area contributed by atoms with Crippen molar-refractivity contribution >= 4 is 0 Å². The van der Waals surface area contributed by atoms with Crippen molar-refractivity contribution in [3.05, 3.63) is 0 Å². The minimum absolute atomic E-state index is 0.417. The molecule has 1 rings (SSSR count). The molecule has 2 N–H and O–H groups in total. The predicted octanol–water partition coefficient (Wildman–Crippen LogP) is 2.00. The zero-order valence-electron chi connectivity index (χ0n) is 11.7. The maximum Gasteiger partial charge on any atom is 0.0771 e. The van der Waals surface area contributed by atoms with Gasteiger partial charge in [-0.05, 0) is 32.4 Å². The van der Waals surface area contributed by atoms with Crippen molar-refractivity contribution in [3.63, 3.8) is 0 Å². The van der Waals surface area contributed by atoms with Crippen LogP contribution in [0.4, 0.5) is 0 Å². The fraction of sp³-hybridized carbons (Fsp3) is 1.00. The third-order valence-corrected chi connectivity index (χ3v) is 3.83. The van der Waals surface area contributed by atoms with Crippen LogP contribution in [0.2, 0.25) is 0 Å². The second-order valence-corrected chi connectivity index (χ2v) is 5.40. The van der Waals surface area contributed by atoms with E-state index >= 15 is 0 Å². The van der Waals surface area contributed by atoms with Gasteiger partial charge in [0.25, 0.3) is 0 Å². The van der Waals surface area contributed by atoms with Crippen molar-refractivity contribution in [1.82, 2.24) is 10.2 Å². The van der Waals surface area contributed by atoms with E-state index in [1.807, 2.05) is 0 Å². The van der Waals surface area contributed by atoms with Crippen molar-refractivity contribution in [2.24, 2.45) is 0 Å². The van der Waals surface area contributed by atoms with E-state index in [9.17, 15) is 5.11 Å². The molecule has 1 aliphatic rings. The summed E-state index contributed by atoms with van der Waals surface area (Å²) in [6.07, 6.45) is 6.85. The largest absolute Gasteiger partial charge is 0.389 e. The molecule has 0 spiro atoms. The molecule has 0 heterocycles. The Morgan fingerprint density at radius 3 is 2.41 bits per heavy atom. The minimum atomic E-state index is -0.417. The molecule has 0 aliphatic heterocycles. The summed E-state index contributed by atoms with van der Waals surface area (Å²) in [4.78, 5) is 2.46. The van der Waals surface area contributed by atoms with E-state index in [4.69, 9.17) is 0 Å². The molecular formula is C14H30N2O. The Labute approximate surface area is 107 Å². The Morgan fingerprint density at radius 1 is 1.12 bits per heavy atom. The van der Waals surface area contributed by atoms with Crippen LogP contribution in [0.5, 0.6) is 0 Å². The second kappa shape index (κ2) is 8.06. The van der Waals surface area contributed by atoms with Crippen LogP contribution in [-0.2, 0) is 0 Å². The topological polar surface area (TPSA) is 35.5 Å². The first-order valence-corrected chi connectivity index (χ1v) is 7.35. The normalized spacial score (nSPS) is 19.8. The third kappa shape index (κ3) is 5.84. The molecule has 3 heteroatoms. The van der Waals surface area contributed by atoms with Gasteiger partial charge in [0.1, 0.15) is 0 Å². The smallest absolute Gasteiger partial charge is 0.0771 e. The van der Waals surface area contributed by atoms with Crippen LogP contribution in [-0.4, -0.2) is 48.3 Å². The van der Waals surface area contributed by atoms with Crippen molar-refractivity contribution < 1.29 is 5.11 Å². The monoisotopic (exact) mass is 242 g/mol. The molecule has 3 nitrogen and oxygen atoms in total. The van der Waals surface area contributed by atoms with Crippen LogP contribution >= 0.6 is 0 Å². The Morgan fingerprint density at radius 2 is 1.82 bits per heavy atom. The van der Waals surface area contributed by atoms with E-state index in [2.05, 4.69) is 24.1 Å². The van der Waals surface area contributed by atoms with Crippen LogP contribution in [0.3, 0.4) is 0 Å². The molecule has 0 amide bonds. The third-order valence-electron chi connectivity index (χ3n) is 3.83. The van der Waals surface area contributed by atoms with E-state index in [1.165, 1.54) is 32.2 Å². The molecule has 0 atom stereocenters. The highest BCUT2D eigenvalue weighted by Gasteiger charge is 2.28. The molecule has 0 aromatic rings. The van der Waals surface area contributed by atoms with Gasteiger partial charge in [-0.1, -0.05) is 33.1 Å². The molecule has 0 aromatic heterocycles. The van der Waals surface area contributed by atoms with Crippen molar-refractivity contribution in [2.75, 3.05) is 32.7 Å². The van der Waals surface area contributed by atoms with Gasteiger partial charge in [-0.2, -0.15) is 0 Å². The van der Waals surface area contributed by atoms with Gasteiger partial charge >= 0.3 is 0 Å². The number of hydrogen-bond donors (Lipinski definition) is 2. The first-order chi connectivity index (χ1) is 8.20. The van der Waals surface area contributed by atoms with E-state index < -0.39 is 5.60 Å². The van der Waals surface area contributed by atoms with E-state index in [0.717, 1.165) is 39.0 Å². The number of aliphatic hydroxyl groups is 1. The number of rotatable bonds is 8. The zero-order valence-corrected chi connectivity index (χ0v) is 11.7. The summed E-state index contributed by atoms with van der Waals surface area (Å²) in [5.74, 6) is 0. The summed E-state index contributed by atoms with van der Waals surface area (Å²) >= 11 is 0. The standard InChI is InChI=1S/C14H30N2O/c1-3-11-16(4-2)12-10-15-13-14(17)8-6-5-7-9-14/h15,17H,3-13H2,1-2H3. The van der Waals surface area contributed by atoms with Gasteiger partial charge in [0.15, 0.2) is 0 Å². The van der Waals surface area contributed by atoms with Crippen LogP contribution < -0.4 is 5.32 Å².